The fourth-order valence-corrected chi connectivity index (χ4v) is 4.29. The van der Waals surface area contributed by atoms with Crippen LogP contribution in [0.4, 0.5) is 0 Å². The highest BCUT2D eigenvalue weighted by molar-refractivity contribution is 5.02. The van der Waals surface area contributed by atoms with E-state index in [2.05, 4.69) is 37.5 Å². The second-order valence-electron chi connectivity index (χ2n) is 7.44. The molecule has 2 rings (SSSR count). The van der Waals surface area contributed by atoms with E-state index in [1.807, 2.05) is 0 Å². The minimum Gasteiger partial charge on any atom is -0.329 e. The highest BCUT2D eigenvalue weighted by atomic mass is 15.3. The van der Waals surface area contributed by atoms with Crippen LogP contribution in [0.3, 0.4) is 0 Å². The SMILES string of the molecule is CCC1(CC)CCN(C2(CN)CCN(C(C)C)C2)CC1. The van der Waals surface area contributed by atoms with Crippen molar-refractivity contribution in [1.29, 1.82) is 0 Å². The van der Waals surface area contributed by atoms with Crippen LogP contribution in [0.1, 0.15) is 59.8 Å². The summed E-state index contributed by atoms with van der Waals surface area (Å²) in [6.07, 6.45) is 6.66. The molecule has 2 aliphatic rings. The minimum atomic E-state index is 0.262. The van der Waals surface area contributed by atoms with E-state index in [0.717, 1.165) is 6.54 Å². The fraction of sp³-hybridized carbons (Fsp3) is 1.00. The van der Waals surface area contributed by atoms with Crippen molar-refractivity contribution >= 4 is 0 Å². The van der Waals surface area contributed by atoms with Crippen molar-refractivity contribution in [1.82, 2.24) is 9.80 Å². The molecular weight excluding hydrogens is 246 g/mol. The van der Waals surface area contributed by atoms with Crippen molar-refractivity contribution in [3.8, 4) is 0 Å². The van der Waals surface area contributed by atoms with Crippen LogP contribution < -0.4 is 5.73 Å². The number of nitrogens with two attached hydrogens (primary N) is 1. The van der Waals surface area contributed by atoms with E-state index in [1.165, 1.54) is 58.3 Å². The van der Waals surface area contributed by atoms with Gasteiger partial charge in [-0.2, -0.15) is 0 Å². The Balaban J connectivity index is 2.01. The molecule has 2 saturated heterocycles. The van der Waals surface area contributed by atoms with Crippen molar-refractivity contribution in [2.75, 3.05) is 32.7 Å². The maximum absolute atomic E-state index is 6.23. The average Bonchev–Trinajstić information content (AvgIpc) is 2.93. The number of hydrogen-bond acceptors (Lipinski definition) is 3. The Morgan fingerprint density at radius 3 is 2.00 bits per heavy atom. The molecule has 1 unspecified atom stereocenters. The quantitative estimate of drug-likeness (QED) is 0.841. The molecule has 2 aliphatic heterocycles. The van der Waals surface area contributed by atoms with Gasteiger partial charge in [-0.15, -0.1) is 0 Å². The van der Waals surface area contributed by atoms with Crippen LogP contribution in [0.2, 0.25) is 0 Å². The van der Waals surface area contributed by atoms with Gasteiger partial charge >= 0.3 is 0 Å². The first kappa shape index (κ1) is 16.3. The summed E-state index contributed by atoms with van der Waals surface area (Å²) in [6, 6.07) is 0.651. The van der Waals surface area contributed by atoms with Gasteiger partial charge in [0.15, 0.2) is 0 Å². The van der Waals surface area contributed by atoms with Crippen LogP contribution in [-0.4, -0.2) is 54.1 Å². The molecule has 3 heteroatoms. The van der Waals surface area contributed by atoms with E-state index in [1.54, 1.807) is 0 Å². The van der Waals surface area contributed by atoms with Crippen LogP contribution in [0, 0.1) is 5.41 Å². The molecule has 0 saturated carbocycles. The monoisotopic (exact) mass is 281 g/mol. The number of likely N-dealkylation sites (tertiary alicyclic amines) is 2. The van der Waals surface area contributed by atoms with Crippen molar-refractivity contribution in [2.24, 2.45) is 11.1 Å². The fourth-order valence-electron chi connectivity index (χ4n) is 4.29. The van der Waals surface area contributed by atoms with E-state index in [0.29, 0.717) is 11.5 Å². The second-order valence-corrected chi connectivity index (χ2v) is 7.44. The smallest absolute Gasteiger partial charge is 0.0470 e. The Morgan fingerprint density at radius 2 is 1.60 bits per heavy atom. The first-order valence-electron chi connectivity index (χ1n) is 8.70. The Kier molecular flexibility index (Phi) is 5.14. The predicted octanol–water partition coefficient (Wildman–Crippen LogP) is 2.70. The lowest BCUT2D eigenvalue weighted by Crippen LogP contribution is -2.59. The van der Waals surface area contributed by atoms with E-state index >= 15 is 0 Å². The first-order chi connectivity index (χ1) is 9.51. The molecule has 0 radical (unpaired) electrons. The zero-order chi connectivity index (χ0) is 14.8. The molecule has 2 fully saturated rings. The topological polar surface area (TPSA) is 32.5 Å². The lowest BCUT2D eigenvalue weighted by atomic mass is 9.73. The summed E-state index contributed by atoms with van der Waals surface area (Å²) in [4.78, 5) is 5.34. The van der Waals surface area contributed by atoms with Gasteiger partial charge in [0, 0.05) is 31.2 Å². The molecule has 0 aliphatic carbocycles. The molecule has 0 aromatic heterocycles. The third kappa shape index (κ3) is 2.90. The van der Waals surface area contributed by atoms with E-state index in [4.69, 9.17) is 5.73 Å². The van der Waals surface area contributed by atoms with Crippen LogP contribution >= 0.6 is 0 Å². The van der Waals surface area contributed by atoms with Crippen LogP contribution in [0.25, 0.3) is 0 Å². The van der Waals surface area contributed by atoms with Gasteiger partial charge in [0.2, 0.25) is 0 Å². The van der Waals surface area contributed by atoms with Crippen molar-refractivity contribution in [3.63, 3.8) is 0 Å². The Morgan fingerprint density at radius 1 is 1.00 bits per heavy atom. The molecule has 0 aromatic rings. The third-order valence-corrected chi connectivity index (χ3v) is 6.47. The molecule has 0 spiro atoms. The minimum absolute atomic E-state index is 0.262. The lowest BCUT2D eigenvalue weighted by Gasteiger charge is -2.48. The number of rotatable bonds is 5. The molecule has 2 heterocycles. The number of piperidine rings is 1. The summed E-state index contributed by atoms with van der Waals surface area (Å²) in [7, 11) is 0. The van der Waals surface area contributed by atoms with Gasteiger partial charge in [0.1, 0.15) is 0 Å². The maximum Gasteiger partial charge on any atom is 0.0470 e. The van der Waals surface area contributed by atoms with Gasteiger partial charge in [-0.3, -0.25) is 9.80 Å². The molecule has 20 heavy (non-hydrogen) atoms. The molecule has 0 amide bonds. The van der Waals surface area contributed by atoms with Crippen LogP contribution in [0.5, 0.6) is 0 Å². The average molecular weight is 281 g/mol. The zero-order valence-corrected chi connectivity index (χ0v) is 14.1. The summed E-state index contributed by atoms with van der Waals surface area (Å²) < 4.78 is 0. The molecule has 0 aromatic carbocycles. The largest absolute Gasteiger partial charge is 0.329 e. The zero-order valence-electron chi connectivity index (χ0n) is 14.1. The van der Waals surface area contributed by atoms with Gasteiger partial charge in [-0.05, 0) is 51.6 Å². The highest BCUT2D eigenvalue weighted by Gasteiger charge is 2.45. The van der Waals surface area contributed by atoms with Crippen molar-refractivity contribution in [3.05, 3.63) is 0 Å². The summed E-state index contributed by atoms with van der Waals surface area (Å²) in [5, 5.41) is 0. The second kappa shape index (κ2) is 6.33. The molecule has 2 N–H and O–H groups in total. The molecular formula is C17H35N3. The van der Waals surface area contributed by atoms with Crippen molar-refractivity contribution in [2.45, 2.75) is 71.4 Å². The molecule has 118 valence electrons. The van der Waals surface area contributed by atoms with Crippen LogP contribution in [-0.2, 0) is 0 Å². The normalized spacial score (nSPS) is 32.1. The maximum atomic E-state index is 6.23. The number of nitrogens with zero attached hydrogens (tertiary/aromatic N) is 2. The summed E-state index contributed by atoms with van der Waals surface area (Å²) in [5.74, 6) is 0. The van der Waals surface area contributed by atoms with Crippen molar-refractivity contribution < 1.29 is 0 Å². The Hall–Kier alpha value is -0.120. The summed E-state index contributed by atoms with van der Waals surface area (Å²) in [6.45, 7) is 15.1. The lowest BCUT2D eigenvalue weighted by molar-refractivity contribution is 0.0188. The summed E-state index contributed by atoms with van der Waals surface area (Å²) >= 11 is 0. The third-order valence-electron chi connectivity index (χ3n) is 6.47. The van der Waals surface area contributed by atoms with Gasteiger partial charge in [-0.25, -0.2) is 0 Å². The standard InChI is InChI=1S/C17H35N3/c1-5-16(6-2)7-11-20(12-8-16)17(13-18)9-10-19(14-17)15(3)4/h15H,5-14,18H2,1-4H3. The summed E-state index contributed by atoms with van der Waals surface area (Å²) in [5.41, 5.74) is 7.10. The van der Waals surface area contributed by atoms with Gasteiger partial charge in [-0.1, -0.05) is 26.7 Å². The van der Waals surface area contributed by atoms with Gasteiger partial charge in [0.25, 0.3) is 0 Å². The van der Waals surface area contributed by atoms with Crippen LogP contribution in [0.15, 0.2) is 0 Å². The Bertz CT molecular complexity index is 301. The Labute approximate surface area is 125 Å². The highest BCUT2D eigenvalue weighted by Crippen LogP contribution is 2.41. The van der Waals surface area contributed by atoms with E-state index in [-0.39, 0.29) is 5.54 Å². The molecule has 0 bridgehead atoms. The first-order valence-corrected chi connectivity index (χ1v) is 8.70. The van der Waals surface area contributed by atoms with E-state index in [9.17, 15) is 0 Å². The predicted molar refractivity (Wildman–Crippen MR) is 86.9 cm³/mol. The molecule has 3 nitrogen and oxygen atoms in total. The van der Waals surface area contributed by atoms with Gasteiger partial charge < -0.3 is 5.73 Å². The molecule has 1 atom stereocenters. The van der Waals surface area contributed by atoms with E-state index < -0.39 is 0 Å². The number of hydrogen-bond donors (Lipinski definition) is 1. The van der Waals surface area contributed by atoms with Gasteiger partial charge in [0.05, 0.1) is 0 Å².